The molecule has 1 aromatic heterocycles. The SMILES string of the molecule is COC[C@H](c1ccnc(NC(=O)[C@@H](NC(=O)OC(C)(C)C)c2ccc(Cl)c(F)c2)c1)N1CC(F)(F)CNC1=O. The summed E-state index contributed by atoms with van der Waals surface area (Å²) >= 11 is 5.77. The lowest BCUT2D eigenvalue weighted by Crippen LogP contribution is -2.58. The fraction of sp³-hybridized carbons (Fsp3) is 0.440. The van der Waals surface area contributed by atoms with Crippen LogP contribution < -0.4 is 16.0 Å². The molecule has 1 saturated heterocycles. The van der Waals surface area contributed by atoms with Gasteiger partial charge in [0.15, 0.2) is 0 Å². The number of alkyl halides is 2. The summed E-state index contributed by atoms with van der Waals surface area (Å²) in [7, 11) is 1.36. The molecule has 0 radical (unpaired) electrons. The number of carbonyl (C=O) groups excluding carboxylic acids is 3. The van der Waals surface area contributed by atoms with Gasteiger partial charge in [0.05, 0.1) is 30.8 Å². The molecule has 1 aliphatic rings. The van der Waals surface area contributed by atoms with Gasteiger partial charge in [0.25, 0.3) is 11.8 Å². The number of carbonyl (C=O) groups is 3. The molecule has 3 rings (SSSR count). The van der Waals surface area contributed by atoms with E-state index < -0.39 is 60.5 Å². The van der Waals surface area contributed by atoms with Gasteiger partial charge in [-0.15, -0.1) is 0 Å². The number of nitrogens with zero attached hydrogens (tertiary/aromatic N) is 2. The number of aromatic nitrogens is 1. The summed E-state index contributed by atoms with van der Waals surface area (Å²) in [5.41, 5.74) is -0.453. The predicted octanol–water partition coefficient (Wildman–Crippen LogP) is 4.43. The molecule has 0 bridgehead atoms. The highest BCUT2D eigenvalue weighted by atomic mass is 35.5. The van der Waals surface area contributed by atoms with E-state index in [0.29, 0.717) is 5.56 Å². The Hall–Kier alpha value is -3.58. The van der Waals surface area contributed by atoms with E-state index in [1.807, 2.05) is 0 Å². The number of methoxy groups -OCH3 is 1. The number of nitrogens with one attached hydrogen (secondary N) is 3. The monoisotopic (exact) mass is 571 g/mol. The lowest BCUT2D eigenvalue weighted by atomic mass is 10.0. The lowest BCUT2D eigenvalue weighted by molar-refractivity contribution is -0.118. The Balaban J connectivity index is 1.88. The molecule has 0 aliphatic carbocycles. The standard InChI is InChI=1S/C25H29ClF3N5O5/c1-24(2,3)39-23(37)33-20(15-5-6-16(26)17(27)9-15)21(35)32-19-10-14(7-8-30-19)18(11-38-4)34-13-25(28,29)12-31-22(34)36/h5-10,18,20H,11-13H2,1-4H3,(H,31,36)(H,33,37)(H,30,32,35)/t18-,20+/m1/s1. The molecule has 1 aliphatic heterocycles. The third-order valence-corrected chi connectivity index (χ3v) is 5.79. The first-order valence-electron chi connectivity index (χ1n) is 11.8. The van der Waals surface area contributed by atoms with Crippen molar-refractivity contribution in [2.75, 3.05) is 32.1 Å². The molecule has 1 fully saturated rings. The zero-order valence-corrected chi connectivity index (χ0v) is 22.4. The summed E-state index contributed by atoms with van der Waals surface area (Å²) in [5, 5.41) is 6.91. The maximum Gasteiger partial charge on any atom is 0.408 e. The zero-order chi connectivity index (χ0) is 29.0. The molecule has 2 atom stereocenters. The van der Waals surface area contributed by atoms with E-state index in [1.54, 1.807) is 20.8 Å². The Morgan fingerprint density at radius 3 is 2.59 bits per heavy atom. The number of alkyl carbamates (subject to hydrolysis) is 1. The molecule has 3 N–H and O–H groups in total. The van der Waals surface area contributed by atoms with Crippen LogP contribution in [0.3, 0.4) is 0 Å². The number of ether oxygens (including phenoxy) is 2. The van der Waals surface area contributed by atoms with Crippen LogP contribution in [0.5, 0.6) is 0 Å². The van der Waals surface area contributed by atoms with Gasteiger partial charge < -0.3 is 30.3 Å². The number of rotatable bonds is 8. The Morgan fingerprint density at radius 1 is 1.23 bits per heavy atom. The van der Waals surface area contributed by atoms with Gasteiger partial charge >= 0.3 is 12.1 Å². The summed E-state index contributed by atoms with van der Waals surface area (Å²) in [4.78, 5) is 43.1. The fourth-order valence-corrected chi connectivity index (χ4v) is 3.92. The first kappa shape index (κ1) is 30.0. The van der Waals surface area contributed by atoms with Crippen LogP contribution in [-0.2, 0) is 14.3 Å². The average Bonchev–Trinajstić information content (AvgIpc) is 2.83. The zero-order valence-electron chi connectivity index (χ0n) is 21.7. The normalized spacial score (nSPS) is 16.6. The number of halogens is 4. The molecule has 0 unspecified atom stereocenters. The smallest absolute Gasteiger partial charge is 0.408 e. The summed E-state index contributed by atoms with van der Waals surface area (Å²) in [6.07, 6.45) is 0.378. The second kappa shape index (κ2) is 12.1. The van der Waals surface area contributed by atoms with E-state index in [-0.39, 0.29) is 23.0 Å². The lowest BCUT2D eigenvalue weighted by Gasteiger charge is -2.38. The van der Waals surface area contributed by atoms with Crippen LogP contribution >= 0.6 is 11.6 Å². The number of pyridine rings is 1. The van der Waals surface area contributed by atoms with Gasteiger partial charge in [-0.1, -0.05) is 17.7 Å². The summed E-state index contributed by atoms with van der Waals surface area (Å²) in [6.45, 7) is 3.17. The van der Waals surface area contributed by atoms with Gasteiger partial charge in [0.1, 0.15) is 23.3 Å². The Morgan fingerprint density at radius 2 is 1.95 bits per heavy atom. The van der Waals surface area contributed by atoms with Crippen molar-refractivity contribution in [3.63, 3.8) is 0 Å². The fourth-order valence-electron chi connectivity index (χ4n) is 3.80. The van der Waals surface area contributed by atoms with Gasteiger partial charge in [-0.3, -0.25) is 4.79 Å². The van der Waals surface area contributed by atoms with Gasteiger partial charge in [-0.2, -0.15) is 0 Å². The summed E-state index contributed by atoms with van der Waals surface area (Å²) < 4.78 is 52.7. The number of hydrogen-bond donors (Lipinski definition) is 3. The number of amides is 4. The van der Waals surface area contributed by atoms with E-state index in [2.05, 4.69) is 20.9 Å². The Kier molecular flexibility index (Phi) is 9.28. The van der Waals surface area contributed by atoms with E-state index in [1.165, 1.54) is 37.6 Å². The highest BCUT2D eigenvalue weighted by Crippen LogP contribution is 2.29. The van der Waals surface area contributed by atoms with Crippen molar-refractivity contribution in [1.82, 2.24) is 20.5 Å². The van der Waals surface area contributed by atoms with Gasteiger partial charge in [-0.25, -0.2) is 27.7 Å². The maximum atomic E-state index is 14.2. The van der Waals surface area contributed by atoms with Gasteiger partial charge in [0, 0.05) is 13.3 Å². The highest BCUT2D eigenvalue weighted by molar-refractivity contribution is 6.30. The van der Waals surface area contributed by atoms with Gasteiger partial charge in [0.2, 0.25) is 0 Å². The molecule has 14 heteroatoms. The highest BCUT2D eigenvalue weighted by Gasteiger charge is 2.42. The van der Waals surface area contributed by atoms with Crippen molar-refractivity contribution in [3.05, 3.63) is 58.5 Å². The molecule has 4 amide bonds. The number of anilines is 1. The molecule has 1 aromatic carbocycles. The largest absolute Gasteiger partial charge is 0.444 e. The second-order valence-electron chi connectivity index (χ2n) is 9.83. The Bertz CT molecular complexity index is 1230. The number of urea groups is 1. The minimum Gasteiger partial charge on any atom is -0.444 e. The van der Waals surface area contributed by atoms with Crippen molar-refractivity contribution in [3.8, 4) is 0 Å². The van der Waals surface area contributed by atoms with Crippen molar-refractivity contribution in [2.24, 2.45) is 0 Å². The number of hydrogen-bond acceptors (Lipinski definition) is 6. The summed E-state index contributed by atoms with van der Waals surface area (Å²) in [6, 6.07) is 3.42. The first-order valence-corrected chi connectivity index (χ1v) is 12.2. The van der Waals surface area contributed by atoms with Gasteiger partial charge in [-0.05, 0) is 56.2 Å². The van der Waals surface area contributed by atoms with Crippen molar-refractivity contribution in [2.45, 2.75) is 44.4 Å². The van der Waals surface area contributed by atoms with Crippen LogP contribution in [0.4, 0.5) is 28.6 Å². The van der Waals surface area contributed by atoms with Crippen molar-refractivity contribution < 1.29 is 37.0 Å². The molecule has 2 aromatic rings. The van der Waals surface area contributed by atoms with Crippen LogP contribution in [-0.4, -0.2) is 66.2 Å². The summed E-state index contributed by atoms with van der Waals surface area (Å²) in [5.74, 6) is -4.79. The van der Waals surface area contributed by atoms with Crippen LogP contribution in [0.1, 0.15) is 44.0 Å². The molecule has 39 heavy (non-hydrogen) atoms. The van der Waals surface area contributed by atoms with Crippen LogP contribution in [0.25, 0.3) is 0 Å². The molecule has 212 valence electrons. The maximum absolute atomic E-state index is 14.2. The molecular formula is C25H29ClF3N5O5. The number of benzene rings is 1. The van der Waals surface area contributed by atoms with E-state index in [9.17, 15) is 27.6 Å². The Labute approximate surface area is 228 Å². The van der Waals surface area contributed by atoms with Crippen LogP contribution in [0.2, 0.25) is 5.02 Å². The third-order valence-electron chi connectivity index (χ3n) is 5.48. The topological polar surface area (TPSA) is 122 Å². The second-order valence-corrected chi connectivity index (χ2v) is 10.2. The van der Waals surface area contributed by atoms with Crippen molar-refractivity contribution >= 4 is 35.5 Å². The first-order chi connectivity index (χ1) is 18.2. The predicted molar refractivity (Wildman–Crippen MR) is 136 cm³/mol. The molecular weight excluding hydrogens is 543 g/mol. The van der Waals surface area contributed by atoms with E-state index in [4.69, 9.17) is 21.1 Å². The average molecular weight is 572 g/mol. The van der Waals surface area contributed by atoms with Crippen molar-refractivity contribution in [1.29, 1.82) is 0 Å². The van der Waals surface area contributed by atoms with Crippen LogP contribution in [0, 0.1) is 5.82 Å². The minimum absolute atomic E-state index is 0.0202. The molecule has 0 spiro atoms. The molecule has 10 nitrogen and oxygen atoms in total. The van der Waals surface area contributed by atoms with E-state index in [0.717, 1.165) is 11.0 Å². The third kappa shape index (κ3) is 8.20. The quantitative estimate of drug-likeness (QED) is 0.431. The molecule has 2 heterocycles. The van der Waals surface area contributed by atoms with E-state index >= 15 is 0 Å². The van der Waals surface area contributed by atoms with Crippen LogP contribution in [0.15, 0.2) is 36.5 Å². The minimum atomic E-state index is -3.15. The molecule has 0 saturated carbocycles.